The highest BCUT2D eigenvalue weighted by atomic mass is 14.7. The molecule has 0 amide bonds. The van der Waals surface area contributed by atoms with Crippen LogP contribution in [0.4, 0.5) is 0 Å². The first kappa shape index (κ1) is 8.86. The van der Waals surface area contributed by atoms with Gasteiger partial charge in [0.2, 0.25) is 0 Å². The van der Waals surface area contributed by atoms with E-state index >= 15 is 0 Å². The van der Waals surface area contributed by atoms with E-state index in [1.54, 1.807) is 0 Å². The molecule has 0 atom stereocenters. The Morgan fingerprint density at radius 3 is 2.33 bits per heavy atom. The summed E-state index contributed by atoms with van der Waals surface area (Å²) in [6, 6.07) is 4.33. The number of H-pyrrole nitrogens is 1. The van der Waals surface area contributed by atoms with Gasteiger partial charge in [0.25, 0.3) is 0 Å². The third kappa shape index (κ3) is 1.35. The van der Waals surface area contributed by atoms with Gasteiger partial charge in [0.05, 0.1) is 11.5 Å². The van der Waals surface area contributed by atoms with Gasteiger partial charge in [-0.25, -0.2) is 0 Å². The van der Waals surface area contributed by atoms with Gasteiger partial charge in [0.1, 0.15) is 0 Å². The molecule has 1 rings (SSSR count). The van der Waals surface area contributed by atoms with Crippen LogP contribution in [0.3, 0.4) is 0 Å². The number of nitriles is 1. The average molecular weight is 162 g/mol. The Kier molecular flexibility index (Phi) is 1.97. The summed E-state index contributed by atoms with van der Waals surface area (Å²) in [5.74, 6) is 0. The van der Waals surface area contributed by atoms with Gasteiger partial charge >= 0.3 is 0 Å². The number of rotatable bonds is 1. The molecule has 1 aromatic rings. The van der Waals surface area contributed by atoms with Gasteiger partial charge in [-0.05, 0) is 39.3 Å². The second kappa shape index (κ2) is 2.67. The van der Waals surface area contributed by atoms with Crippen LogP contribution in [0.15, 0.2) is 6.07 Å². The van der Waals surface area contributed by atoms with Gasteiger partial charge < -0.3 is 4.98 Å². The van der Waals surface area contributed by atoms with E-state index in [2.05, 4.69) is 11.1 Å². The summed E-state index contributed by atoms with van der Waals surface area (Å²) in [5.41, 5.74) is 2.93. The van der Waals surface area contributed by atoms with Crippen molar-refractivity contribution in [1.29, 1.82) is 5.26 Å². The first-order valence-corrected chi connectivity index (χ1v) is 4.05. The first-order valence-electron chi connectivity index (χ1n) is 4.05. The fourth-order valence-electron chi connectivity index (χ4n) is 1.43. The van der Waals surface area contributed by atoms with Crippen LogP contribution >= 0.6 is 0 Å². The minimum Gasteiger partial charge on any atom is -0.362 e. The van der Waals surface area contributed by atoms with Gasteiger partial charge in [-0.2, -0.15) is 5.26 Å². The Morgan fingerprint density at radius 2 is 2.00 bits per heavy atom. The standard InChI is InChI=1S/C10H14N2/c1-7-5-9(8(2)12-7)10(3,4)6-11/h5,12H,1-4H3. The average Bonchev–Trinajstić information content (AvgIpc) is 2.31. The molecule has 0 radical (unpaired) electrons. The molecule has 0 aromatic carbocycles. The molecule has 0 fully saturated rings. The number of aromatic nitrogens is 1. The lowest BCUT2D eigenvalue weighted by Crippen LogP contribution is -2.14. The highest BCUT2D eigenvalue weighted by Gasteiger charge is 2.22. The van der Waals surface area contributed by atoms with E-state index in [0.29, 0.717) is 0 Å². The van der Waals surface area contributed by atoms with E-state index in [9.17, 15) is 0 Å². The normalized spacial score (nSPS) is 11.2. The molecule has 64 valence electrons. The lowest BCUT2D eigenvalue weighted by molar-refractivity contribution is 0.682. The van der Waals surface area contributed by atoms with Crippen LogP contribution in [0.25, 0.3) is 0 Å². The molecular formula is C10H14N2. The van der Waals surface area contributed by atoms with Crippen molar-refractivity contribution in [3.05, 3.63) is 23.0 Å². The van der Waals surface area contributed by atoms with Crippen LogP contribution < -0.4 is 0 Å². The smallest absolute Gasteiger partial charge is 0.0783 e. The third-order valence-corrected chi connectivity index (χ3v) is 2.10. The maximum atomic E-state index is 8.92. The summed E-state index contributed by atoms with van der Waals surface area (Å²) in [6.45, 7) is 7.87. The summed E-state index contributed by atoms with van der Waals surface area (Å²) in [4.78, 5) is 3.20. The highest BCUT2D eigenvalue weighted by molar-refractivity contribution is 5.35. The lowest BCUT2D eigenvalue weighted by Gasteiger charge is -2.14. The molecule has 12 heavy (non-hydrogen) atoms. The molecule has 2 heteroatoms. The molecule has 0 saturated heterocycles. The predicted octanol–water partition coefficient (Wildman–Crippen LogP) is 2.43. The van der Waals surface area contributed by atoms with E-state index in [0.717, 1.165) is 17.0 Å². The van der Waals surface area contributed by atoms with Crippen molar-refractivity contribution in [2.24, 2.45) is 0 Å². The van der Waals surface area contributed by atoms with Crippen LogP contribution in [0.5, 0.6) is 0 Å². The minimum atomic E-state index is -0.380. The van der Waals surface area contributed by atoms with Gasteiger partial charge in [-0.3, -0.25) is 0 Å². The fourth-order valence-corrected chi connectivity index (χ4v) is 1.43. The number of hydrogen-bond acceptors (Lipinski definition) is 1. The maximum absolute atomic E-state index is 8.92. The zero-order chi connectivity index (χ0) is 9.35. The predicted molar refractivity (Wildman–Crippen MR) is 48.9 cm³/mol. The molecule has 0 bridgehead atoms. The number of nitrogens with zero attached hydrogens (tertiary/aromatic N) is 1. The van der Waals surface area contributed by atoms with Gasteiger partial charge in [-0.15, -0.1) is 0 Å². The molecule has 0 aliphatic rings. The third-order valence-electron chi connectivity index (χ3n) is 2.10. The molecule has 1 aromatic heterocycles. The molecule has 0 unspecified atom stereocenters. The Bertz CT molecular complexity index is 326. The summed E-state index contributed by atoms with van der Waals surface area (Å²) < 4.78 is 0. The SMILES string of the molecule is Cc1cc(C(C)(C)C#N)c(C)[nH]1. The first-order chi connectivity index (χ1) is 5.47. The molecule has 1 heterocycles. The molecule has 1 N–H and O–H groups in total. The van der Waals surface area contributed by atoms with Crippen molar-refractivity contribution in [2.45, 2.75) is 33.1 Å². The Morgan fingerprint density at radius 1 is 1.42 bits per heavy atom. The van der Waals surface area contributed by atoms with Crippen molar-refractivity contribution in [2.75, 3.05) is 0 Å². The van der Waals surface area contributed by atoms with Crippen molar-refractivity contribution in [3.8, 4) is 6.07 Å². The minimum absolute atomic E-state index is 0.380. The van der Waals surface area contributed by atoms with Crippen LogP contribution in [-0.2, 0) is 5.41 Å². The van der Waals surface area contributed by atoms with E-state index in [-0.39, 0.29) is 5.41 Å². The molecular weight excluding hydrogens is 148 g/mol. The zero-order valence-electron chi connectivity index (χ0n) is 8.02. The largest absolute Gasteiger partial charge is 0.362 e. The van der Waals surface area contributed by atoms with Crippen molar-refractivity contribution < 1.29 is 0 Å². The van der Waals surface area contributed by atoms with E-state index < -0.39 is 0 Å². The summed E-state index contributed by atoms with van der Waals surface area (Å²) in [7, 11) is 0. The quantitative estimate of drug-likeness (QED) is 0.676. The summed E-state index contributed by atoms with van der Waals surface area (Å²) in [6.07, 6.45) is 0. The maximum Gasteiger partial charge on any atom is 0.0783 e. The topological polar surface area (TPSA) is 39.6 Å². The van der Waals surface area contributed by atoms with Gasteiger partial charge in [-0.1, -0.05) is 0 Å². The number of aromatic amines is 1. The van der Waals surface area contributed by atoms with Crippen LogP contribution in [-0.4, -0.2) is 4.98 Å². The fraction of sp³-hybridized carbons (Fsp3) is 0.500. The Labute approximate surface area is 73.2 Å². The Hall–Kier alpha value is -1.23. The Balaban J connectivity index is 3.21. The van der Waals surface area contributed by atoms with Gasteiger partial charge in [0.15, 0.2) is 0 Å². The highest BCUT2D eigenvalue weighted by Crippen LogP contribution is 2.25. The van der Waals surface area contributed by atoms with E-state index in [1.807, 2.05) is 33.8 Å². The van der Waals surface area contributed by atoms with E-state index in [1.165, 1.54) is 0 Å². The molecule has 0 saturated carbocycles. The molecule has 2 nitrogen and oxygen atoms in total. The number of hydrogen-bond donors (Lipinski definition) is 1. The monoisotopic (exact) mass is 162 g/mol. The summed E-state index contributed by atoms with van der Waals surface area (Å²) >= 11 is 0. The molecule has 0 aliphatic heterocycles. The number of aryl methyl sites for hydroxylation is 2. The summed E-state index contributed by atoms with van der Waals surface area (Å²) in [5, 5.41) is 8.92. The van der Waals surface area contributed by atoms with Crippen LogP contribution in [0.1, 0.15) is 30.8 Å². The van der Waals surface area contributed by atoms with Crippen LogP contribution in [0.2, 0.25) is 0 Å². The molecule has 0 aliphatic carbocycles. The second-order valence-electron chi connectivity index (χ2n) is 3.73. The lowest BCUT2D eigenvalue weighted by atomic mass is 9.86. The van der Waals surface area contributed by atoms with E-state index in [4.69, 9.17) is 5.26 Å². The number of nitrogens with one attached hydrogen (secondary N) is 1. The zero-order valence-corrected chi connectivity index (χ0v) is 8.02. The van der Waals surface area contributed by atoms with Crippen LogP contribution in [0, 0.1) is 25.2 Å². The van der Waals surface area contributed by atoms with Crippen molar-refractivity contribution >= 4 is 0 Å². The molecule has 0 spiro atoms. The van der Waals surface area contributed by atoms with Crippen molar-refractivity contribution in [1.82, 2.24) is 4.98 Å². The van der Waals surface area contributed by atoms with Gasteiger partial charge in [0, 0.05) is 11.4 Å². The van der Waals surface area contributed by atoms with Crippen molar-refractivity contribution in [3.63, 3.8) is 0 Å². The second-order valence-corrected chi connectivity index (χ2v) is 3.73.